The van der Waals surface area contributed by atoms with E-state index in [1.165, 1.54) is 4.31 Å². The van der Waals surface area contributed by atoms with E-state index in [1.54, 1.807) is 66.4 Å². The number of carbonyl (C=O) groups is 1. The molecular weight excluding hydrogens is 364 g/mol. The Hall–Kier alpha value is -2.54. The molecule has 1 amide bonds. The van der Waals surface area contributed by atoms with Crippen LogP contribution >= 0.6 is 0 Å². The second kappa shape index (κ2) is 9.41. The number of benzene rings is 2. The first-order valence-corrected chi connectivity index (χ1v) is 10.5. The van der Waals surface area contributed by atoms with E-state index < -0.39 is 10.0 Å². The van der Waals surface area contributed by atoms with E-state index in [9.17, 15) is 13.2 Å². The fraction of sp³-hybridized carbons (Fsp3) is 0.350. The van der Waals surface area contributed by atoms with Gasteiger partial charge in [0.25, 0.3) is 15.9 Å². The van der Waals surface area contributed by atoms with Gasteiger partial charge in [-0.2, -0.15) is 0 Å². The van der Waals surface area contributed by atoms with Crippen LogP contribution in [-0.4, -0.2) is 45.5 Å². The molecule has 0 aliphatic carbocycles. The minimum atomic E-state index is -3.63. The Kier molecular flexibility index (Phi) is 7.24. The van der Waals surface area contributed by atoms with Crippen molar-refractivity contribution in [3.05, 3.63) is 54.6 Å². The zero-order valence-corrected chi connectivity index (χ0v) is 16.8. The lowest BCUT2D eigenvalue weighted by Gasteiger charge is -2.23. The van der Waals surface area contributed by atoms with Crippen LogP contribution in [0.5, 0.6) is 5.75 Å². The number of likely N-dealkylation sites (N-methyl/N-ethyl adjacent to an activating group) is 1. The number of ether oxygens (including phenoxy) is 1. The van der Waals surface area contributed by atoms with Gasteiger partial charge in [-0.15, -0.1) is 0 Å². The van der Waals surface area contributed by atoms with Crippen molar-refractivity contribution < 1.29 is 17.9 Å². The van der Waals surface area contributed by atoms with Crippen LogP contribution in [0.15, 0.2) is 59.5 Å². The quantitative estimate of drug-likeness (QED) is 0.660. The van der Waals surface area contributed by atoms with Gasteiger partial charge in [-0.3, -0.25) is 9.10 Å². The first-order chi connectivity index (χ1) is 12.9. The van der Waals surface area contributed by atoms with Crippen molar-refractivity contribution in [1.29, 1.82) is 0 Å². The van der Waals surface area contributed by atoms with Gasteiger partial charge in [-0.25, -0.2) is 8.42 Å². The molecule has 0 aliphatic heterocycles. The molecule has 0 fully saturated rings. The fourth-order valence-electron chi connectivity index (χ4n) is 2.73. The van der Waals surface area contributed by atoms with Crippen LogP contribution in [0.4, 0.5) is 5.69 Å². The second-order valence-corrected chi connectivity index (χ2v) is 7.69. The minimum Gasteiger partial charge on any atom is -0.484 e. The summed E-state index contributed by atoms with van der Waals surface area (Å²) in [5.41, 5.74) is 0.545. The third-order valence-electron chi connectivity index (χ3n) is 4.22. The van der Waals surface area contributed by atoms with Crippen LogP contribution in [0.3, 0.4) is 0 Å². The molecule has 0 saturated carbocycles. The zero-order chi connectivity index (χ0) is 19.9. The highest BCUT2D eigenvalue weighted by molar-refractivity contribution is 7.92. The molecule has 0 radical (unpaired) electrons. The summed E-state index contributed by atoms with van der Waals surface area (Å²) < 4.78 is 32.6. The molecule has 2 aromatic rings. The first kappa shape index (κ1) is 20.8. The van der Waals surface area contributed by atoms with Crippen LogP contribution in [0.25, 0.3) is 0 Å². The van der Waals surface area contributed by atoms with Gasteiger partial charge in [-0.1, -0.05) is 18.2 Å². The predicted molar refractivity (Wildman–Crippen MR) is 107 cm³/mol. The molecule has 7 heteroatoms. The van der Waals surface area contributed by atoms with Crippen molar-refractivity contribution in [3.8, 4) is 5.75 Å². The molecule has 0 atom stereocenters. The molecule has 0 bridgehead atoms. The van der Waals surface area contributed by atoms with Gasteiger partial charge < -0.3 is 9.64 Å². The van der Waals surface area contributed by atoms with Gasteiger partial charge in [-0.05, 0) is 57.2 Å². The third kappa shape index (κ3) is 5.01. The predicted octanol–water partition coefficient (Wildman–Crippen LogP) is 3.15. The van der Waals surface area contributed by atoms with Crippen molar-refractivity contribution in [3.63, 3.8) is 0 Å². The summed E-state index contributed by atoms with van der Waals surface area (Å²) in [6.07, 6.45) is 0. The molecule has 0 spiro atoms. The van der Waals surface area contributed by atoms with Crippen molar-refractivity contribution in [2.45, 2.75) is 25.7 Å². The summed E-state index contributed by atoms with van der Waals surface area (Å²) in [6.45, 7) is 7.17. The lowest BCUT2D eigenvalue weighted by molar-refractivity contribution is -0.132. The van der Waals surface area contributed by atoms with Crippen LogP contribution in [0.2, 0.25) is 0 Å². The van der Waals surface area contributed by atoms with Gasteiger partial charge >= 0.3 is 0 Å². The Morgan fingerprint density at radius 2 is 1.48 bits per heavy atom. The lowest BCUT2D eigenvalue weighted by Crippen LogP contribution is -2.34. The summed E-state index contributed by atoms with van der Waals surface area (Å²) in [5.74, 6) is 0.443. The molecule has 2 rings (SSSR count). The smallest absolute Gasteiger partial charge is 0.264 e. The summed E-state index contributed by atoms with van der Waals surface area (Å²) in [7, 11) is -3.63. The molecule has 0 N–H and O–H groups in total. The Labute approximate surface area is 161 Å². The van der Waals surface area contributed by atoms with Gasteiger partial charge in [0.15, 0.2) is 6.61 Å². The van der Waals surface area contributed by atoms with E-state index >= 15 is 0 Å². The Morgan fingerprint density at radius 1 is 0.889 bits per heavy atom. The van der Waals surface area contributed by atoms with Crippen LogP contribution < -0.4 is 9.04 Å². The Bertz CT molecular complexity index is 832. The number of rotatable bonds is 9. The molecule has 2 aromatic carbocycles. The highest BCUT2D eigenvalue weighted by Gasteiger charge is 2.23. The standard InChI is InChI=1S/C20H26N2O4S/c1-4-21(5-2)20(23)16-26-18-14-12-17(13-15-18)22(6-3)27(24,25)19-10-8-7-9-11-19/h7-15H,4-6,16H2,1-3H3. The molecule has 0 unspecified atom stereocenters. The Morgan fingerprint density at radius 3 is 2.00 bits per heavy atom. The number of nitrogens with zero attached hydrogens (tertiary/aromatic N) is 2. The van der Waals surface area contributed by atoms with Gasteiger partial charge in [0.1, 0.15) is 5.75 Å². The van der Waals surface area contributed by atoms with Crippen molar-refractivity contribution in [2.75, 3.05) is 30.5 Å². The molecule has 6 nitrogen and oxygen atoms in total. The van der Waals surface area contributed by atoms with Crippen LogP contribution in [0, 0.1) is 0 Å². The normalized spacial score (nSPS) is 11.1. The van der Waals surface area contributed by atoms with Crippen LogP contribution in [-0.2, 0) is 14.8 Å². The maximum absolute atomic E-state index is 12.8. The monoisotopic (exact) mass is 390 g/mol. The maximum Gasteiger partial charge on any atom is 0.264 e. The number of hydrogen-bond donors (Lipinski definition) is 0. The zero-order valence-electron chi connectivity index (χ0n) is 16.0. The summed E-state index contributed by atoms with van der Waals surface area (Å²) in [5, 5.41) is 0. The van der Waals surface area contributed by atoms with Gasteiger partial charge in [0.05, 0.1) is 10.6 Å². The Balaban J connectivity index is 2.12. The van der Waals surface area contributed by atoms with Gasteiger partial charge in [0.2, 0.25) is 0 Å². The average molecular weight is 391 g/mol. The van der Waals surface area contributed by atoms with E-state index in [4.69, 9.17) is 4.74 Å². The second-order valence-electron chi connectivity index (χ2n) is 5.83. The van der Waals surface area contributed by atoms with Crippen molar-refractivity contribution in [1.82, 2.24) is 4.90 Å². The molecule has 0 aromatic heterocycles. The van der Waals surface area contributed by atoms with Crippen molar-refractivity contribution in [2.24, 2.45) is 0 Å². The molecule has 0 saturated heterocycles. The molecule has 0 heterocycles. The van der Waals surface area contributed by atoms with E-state index in [2.05, 4.69) is 0 Å². The molecule has 27 heavy (non-hydrogen) atoms. The van der Waals surface area contributed by atoms with Crippen LogP contribution in [0.1, 0.15) is 20.8 Å². The number of sulfonamides is 1. The summed E-state index contributed by atoms with van der Waals surface area (Å²) >= 11 is 0. The van der Waals surface area contributed by atoms with E-state index in [1.807, 2.05) is 13.8 Å². The highest BCUT2D eigenvalue weighted by atomic mass is 32.2. The number of amides is 1. The number of anilines is 1. The first-order valence-electron chi connectivity index (χ1n) is 9.02. The summed E-state index contributed by atoms with van der Waals surface area (Å²) in [6, 6.07) is 15.0. The van der Waals surface area contributed by atoms with E-state index in [0.717, 1.165) is 0 Å². The van der Waals surface area contributed by atoms with Gasteiger partial charge in [0, 0.05) is 19.6 Å². The largest absolute Gasteiger partial charge is 0.484 e. The lowest BCUT2D eigenvalue weighted by atomic mass is 10.3. The third-order valence-corrected chi connectivity index (χ3v) is 6.14. The molecular formula is C20H26N2O4S. The molecule has 146 valence electrons. The van der Waals surface area contributed by atoms with E-state index in [0.29, 0.717) is 31.1 Å². The average Bonchev–Trinajstić information content (AvgIpc) is 2.69. The van der Waals surface area contributed by atoms with E-state index in [-0.39, 0.29) is 17.4 Å². The SMILES string of the molecule is CCN(CC)C(=O)COc1ccc(N(CC)S(=O)(=O)c2ccccc2)cc1. The molecule has 0 aliphatic rings. The highest BCUT2D eigenvalue weighted by Crippen LogP contribution is 2.25. The minimum absolute atomic E-state index is 0.0408. The maximum atomic E-state index is 12.8. The number of hydrogen-bond acceptors (Lipinski definition) is 4. The fourth-order valence-corrected chi connectivity index (χ4v) is 4.23. The topological polar surface area (TPSA) is 66.9 Å². The summed E-state index contributed by atoms with van der Waals surface area (Å²) in [4.78, 5) is 13.9. The number of carbonyl (C=O) groups excluding carboxylic acids is 1. The van der Waals surface area contributed by atoms with Crippen molar-refractivity contribution >= 4 is 21.6 Å².